The number of nitrogens with one attached hydrogen (secondary N) is 2. The van der Waals surface area contributed by atoms with Gasteiger partial charge in [0.15, 0.2) is 0 Å². The Morgan fingerprint density at radius 2 is 2.39 bits per heavy atom. The van der Waals surface area contributed by atoms with E-state index in [4.69, 9.17) is 0 Å². The van der Waals surface area contributed by atoms with Gasteiger partial charge in [0, 0.05) is 6.42 Å². The van der Waals surface area contributed by atoms with Gasteiger partial charge in [-0.1, -0.05) is 18.6 Å². The van der Waals surface area contributed by atoms with Crippen LogP contribution in [0.4, 0.5) is 0 Å². The average Bonchev–Trinajstić information content (AvgIpc) is 2.80. The first kappa shape index (κ1) is 13.3. The van der Waals surface area contributed by atoms with Gasteiger partial charge < -0.3 is 5.32 Å². The third-order valence-electron chi connectivity index (χ3n) is 3.55. The average molecular weight is 248 g/mol. The van der Waals surface area contributed by atoms with Gasteiger partial charge in [0.2, 0.25) is 0 Å². The highest BCUT2D eigenvalue weighted by Crippen LogP contribution is 2.27. The summed E-state index contributed by atoms with van der Waals surface area (Å²) in [5.41, 5.74) is 1.56. The Labute approximate surface area is 109 Å². The quantitative estimate of drug-likeness (QED) is 0.600. The third-order valence-corrected chi connectivity index (χ3v) is 3.55. The number of allylic oxidation sites excluding steroid dienone is 2. The van der Waals surface area contributed by atoms with Gasteiger partial charge in [-0.05, 0) is 51.1 Å². The summed E-state index contributed by atoms with van der Waals surface area (Å²) in [6.07, 6.45) is 8.67. The molecule has 0 bridgehead atoms. The predicted octanol–water partition coefficient (Wildman–Crippen LogP) is 2.32. The molecule has 1 aromatic rings. The van der Waals surface area contributed by atoms with E-state index in [0.29, 0.717) is 0 Å². The Hall–Kier alpha value is -1.16. The predicted molar refractivity (Wildman–Crippen MR) is 73.2 cm³/mol. The van der Waals surface area contributed by atoms with Crippen LogP contribution in [0, 0.1) is 11.8 Å². The minimum atomic E-state index is 0.750. The molecule has 4 heteroatoms. The smallest absolute Gasteiger partial charge is 0.137 e. The summed E-state index contributed by atoms with van der Waals surface area (Å²) in [6.45, 7) is 6.78. The van der Waals surface area contributed by atoms with Gasteiger partial charge >= 0.3 is 0 Å². The van der Waals surface area contributed by atoms with Crippen molar-refractivity contribution in [2.75, 3.05) is 13.1 Å². The zero-order valence-electron chi connectivity index (χ0n) is 11.4. The van der Waals surface area contributed by atoms with E-state index in [9.17, 15) is 0 Å². The first-order valence-electron chi connectivity index (χ1n) is 6.96. The first-order chi connectivity index (χ1) is 8.74. The van der Waals surface area contributed by atoms with Crippen molar-refractivity contribution in [2.24, 2.45) is 11.8 Å². The summed E-state index contributed by atoms with van der Waals surface area (Å²) in [5, 5.41) is 10.3. The Kier molecular flexibility index (Phi) is 4.93. The maximum atomic E-state index is 4.12. The molecular formula is C14H24N4. The SMILES string of the molecule is CC1=CC(C)CC(CNCCCc2ncn[nH]2)C1. The molecule has 2 N–H and O–H groups in total. The molecule has 1 aliphatic carbocycles. The number of rotatable bonds is 6. The Balaban J connectivity index is 1.57. The van der Waals surface area contributed by atoms with E-state index in [2.05, 4.69) is 40.4 Å². The molecule has 2 unspecified atom stereocenters. The van der Waals surface area contributed by atoms with Gasteiger partial charge in [0.1, 0.15) is 12.2 Å². The molecule has 0 fully saturated rings. The van der Waals surface area contributed by atoms with E-state index in [1.165, 1.54) is 12.8 Å². The largest absolute Gasteiger partial charge is 0.316 e. The van der Waals surface area contributed by atoms with Crippen molar-refractivity contribution in [1.82, 2.24) is 20.5 Å². The van der Waals surface area contributed by atoms with Gasteiger partial charge in [-0.3, -0.25) is 5.10 Å². The standard InChI is InChI=1S/C14H24N4/c1-11-6-12(2)8-13(7-11)9-15-5-3-4-14-16-10-17-18-14/h6,10-11,13,15H,3-5,7-9H2,1-2H3,(H,16,17,18). The molecule has 4 nitrogen and oxygen atoms in total. The minimum absolute atomic E-state index is 0.750. The molecule has 1 heterocycles. The van der Waals surface area contributed by atoms with Crippen molar-refractivity contribution in [3.8, 4) is 0 Å². The van der Waals surface area contributed by atoms with Crippen LogP contribution in [0.2, 0.25) is 0 Å². The number of aromatic amines is 1. The van der Waals surface area contributed by atoms with Crippen LogP contribution in [0.15, 0.2) is 18.0 Å². The summed E-state index contributed by atoms with van der Waals surface area (Å²) >= 11 is 0. The Morgan fingerprint density at radius 3 is 3.11 bits per heavy atom. The highest BCUT2D eigenvalue weighted by Gasteiger charge is 2.17. The zero-order valence-corrected chi connectivity index (χ0v) is 11.4. The van der Waals surface area contributed by atoms with Crippen LogP contribution in [0.5, 0.6) is 0 Å². The molecule has 1 aromatic heterocycles. The lowest BCUT2D eigenvalue weighted by molar-refractivity contribution is 0.381. The Bertz CT molecular complexity index is 369. The minimum Gasteiger partial charge on any atom is -0.316 e. The van der Waals surface area contributed by atoms with Crippen LogP contribution in [0.25, 0.3) is 0 Å². The monoisotopic (exact) mass is 248 g/mol. The topological polar surface area (TPSA) is 53.6 Å². The lowest BCUT2D eigenvalue weighted by atomic mass is 9.84. The van der Waals surface area contributed by atoms with E-state index in [-0.39, 0.29) is 0 Å². The van der Waals surface area contributed by atoms with E-state index >= 15 is 0 Å². The highest BCUT2D eigenvalue weighted by atomic mass is 15.2. The van der Waals surface area contributed by atoms with Crippen molar-refractivity contribution in [3.05, 3.63) is 23.8 Å². The maximum absolute atomic E-state index is 4.12. The fourth-order valence-electron chi connectivity index (χ4n) is 2.88. The third kappa shape index (κ3) is 4.26. The lowest BCUT2D eigenvalue weighted by Gasteiger charge is -2.25. The maximum Gasteiger partial charge on any atom is 0.137 e. The number of hydrogen-bond acceptors (Lipinski definition) is 3. The summed E-state index contributed by atoms with van der Waals surface area (Å²) in [5.74, 6) is 2.55. The second kappa shape index (κ2) is 6.69. The summed E-state index contributed by atoms with van der Waals surface area (Å²) in [4.78, 5) is 4.12. The van der Waals surface area contributed by atoms with Crippen molar-refractivity contribution < 1.29 is 0 Å². The van der Waals surface area contributed by atoms with Crippen molar-refractivity contribution in [2.45, 2.75) is 39.5 Å². The van der Waals surface area contributed by atoms with Crippen molar-refractivity contribution in [1.29, 1.82) is 0 Å². The number of aromatic nitrogens is 3. The van der Waals surface area contributed by atoms with Crippen LogP contribution in [0.3, 0.4) is 0 Å². The zero-order chi connectivity index (χ0) is 12.8. The van der Waals surface area contributed by atoms with Crippen LogP contribution >= 0.6 is 0 Å². The Morgan fingerprint density at radius 1 is 1.50 bits per heavy atom. The number of hydrogen-bond donors (Lipinski definition) is 2. The second-order valence-electron chi connectivity index (χ2n) is 5.54. The molecule has 0 radical (unpaired) electrons. The van der Waals surface area contributed by atoms with Crippen molar-refractivity contribution >= 4 is 0 Å². The summed E-state index contributed by atoms with van der Waals surface area (Å²) in [6, 6.07) is 0. The fourth-order valence-corrected chi connectivity index (χ4v) is 2.88. The molecule has 2 rings (SSSR count). The molecule has 1 aliphatic rings. The van der Waals surface area contributed by atoms with E-state index in [1.807, 2.05) is 0 Å². The summed E-state index contributed by atoms with van der Waals surface area (Å²) in [7, 11) is 0. The van der Waals surface area contributed by atoms with Crippen LogP contribution in [-0.4, -0.2) is 28.3 Å². The van der Waals surface area contributed by atoms with Crippen molar-refractivity contribution in [3.63, 3.8) is 0 Å². The molecule has 0 aromatic carbocycles. The number of H-pyrrole nitrogens is 1. The van der Waals surface area contributed by atoms with Crippen LogP contribution in [0.1, 0.15) is 38.9 Å². The van der Waals surface area contributed by atoms with E-state index < -0.39 is 0 Å². The summed E-state index contributed by atoms with van der Waals surface area (Å²) < 4.78 is 0. The fraction of sp³-hybridized carbons (Fsp3) is 0.714. The molecular weight excluding hydrogens is 224 g/mol. The molecule has 0 saturated carbocycles. The van der Waals surface area contributed by atoms with Gasteiger partial charge in [0.25, 0.3) is 0 Å². The molecule has 2 atom stereocenters. The number of aryl methyl sites for hydroxylation is 1. The van der Waals surface area contributed by atoms with Gasteiger partial charge in [0.05, 0.1) is 0 Å². The normalized spacial score (nSPS) is 24.0. The van der Waals surface area contributed by atoms with Gasteiger partial charge in [-0.2, -0.15) is 5.10 Å². The first-order valence-corrected chi connectivity index (χ1v) is 6.96. The lowest BCUT2D eigenvalue weighted by Crippen LogP contribution is -2.27. The molecule has 0 spiro atoms. The highest BCUT2D eigenvalue weighted by molar-refractivity contribution is 5.06. The number of nitrogens with zero attached hydrogens (tertiary/aromatic N) is 2. The van der Waals surface area contributed by atoms with Gasteiger partial charge in [-0.15, -0.1) is 0 Å². The molecule has 100 valence electrons. The van der Waals surface area contributed by atoms with E-state index in [0.717, 1.165) is 43.6 Å². The molecule has 0 saturated heterocycles. The van der Waals surface area contributed by atoms with Crippen LogP contribution < -0.4 is 5.32 Å². The molecule has 18 heavy (non-hydrogen) atoms. The molecule has 0 amide bonds. The van der Waals surface area contributed by atoms with Crippen LogP contribution in [-0.2, 0) is 6.42 Å². The van der Waals surface area contributed by atoms with E-state index in [1.54, 1.807) is 11.9 Å². The molecule has 0 aliphatic heterocycles. The second-order valence-corrected chi connectivity index (χ2v) is 5.54. The van der Waals surface area contributed by atoms with Gasteiger partial charge in [-0.25, -0.2) is 4.98 Å².